The second-order valence-corrected chi connectivity index (χ2v) is 25.2. The summed E-state index contributed by atoms with van der Waals surface area (Å²) in [6.45, 7) is 9.01. The molecule has 18 aromatic rings. The minimum atomic E-state index is -0.123. The van der Waals surface area contributed by atoms with Crippen molar-refractivity contribution < 1.29 is 17.7 Å². The lowest BCUT2D eigenvalue weighted by Crippen LogP contribution is -2.15. The number of pyridine rings is 4. The van der Waals surface area contributed by atoms with E-state index < -0.39 is 0 Å². The third-order valence-corrected chi connectivity index (χ3v) is 19.5. The highest BCUT2D eigenvalue weighted by molar-refractivity contribution is 6.17. The van der Waals surface area contributed by atoms with Crippen LogP contribution < -0.4 is 0 Å². The number of fused-ring (bicyclic) bond motifs is 20. The molecule has 0 atom stereocenters. The molecule has 20 rings (SSSR count). The fourth-order valence-corrected chi connectivity index (χ4v) is 14.8. The summed E-state index contributed by atoms with van der Waals surface area (Å²) >= 11 is 0. The number of rotatable bonds is 4. The van der Waals surface area contributed by atoms with E-state index in [0.29, 0.717) is 0 Å². The van der Waals surface area contributed by atoms with E-state index in [-0.39, 0.29) is 10.8 Å². The van der Waals surface area contributed by atoms with Crippen molar-refractivity contribution in [3.05, 3.63) is 265 Å². The molecular formula is C82H52N4O4. The van der Waals surface area contributed by atoms with Crippen LogP contribution in [-0.4, -0.2) is 19.9 Å². The smallest absolute Gasteiger partial charge is 0.136 e. The molecule has 8 heterocycles. The van der Waals surface area contributed by atoms with Gasteiger partial charge in [0.2, 0.25) is 0 Å². The first-order chi connectivity index (χ1) is 44.1. The van der Waals surface area contributed by atoms with Gasteiger partial charge in [0.25, 0.3) is 0 Å². The van der Waals surface area contributed by atoms with Crippen molar-refractivity contribution in [2.75, 3.05) is 0 Å². The van der Waals surface area contributed by atoms with Gasteiger partial charge in [-0.3, -0.25) is 9.97 Å². The van der Waals surface area contributed by atoms with Crippen LogP contribution in [0.4, 0.5) is 0 Å². The number of hydrogen-bond acceptors (Lipinski definition) is 8. The van der Waals surface area contributed by atoms with Crippen LogP contribution in [0.25, 0.3) is 177 Å². The first-order valence-corrected chi connectivity index (χ1v) is 30.6. The molecule has 2 aliphatic carbocycles. The molecule has 90 heavy (non-hydrogen) atoms. The second-order valence-electron chi connectivity index (χ2n) is 25.2. The molecule has 0 radical (unpaired) electrons. The highest BCUT2D eigenvalue weighted by Crippen LogP contribution is 2.50. The monoisotopic (exact) mass is 1160 g/mol. The maximum absolute atomic E-state index is 6.36. The summed E-state index contributed by atoms with van der Waals surface area (Å²) in [6.07, 6.45) is 3.72. The zero-order valence-electron chi connectivity index (χ0n) is 49.5. The molecule has 0 amide bonds. The van der Waals surface area contributed by atoms with E-state index >= 15 is 0 Å². The van der Waals surface area contributed by atoms with Crippen LogP contribution >= 0.6 is 0 Å². The second kappa shape index (κ2) is 18.5. The van der Waals surface area contributed by atoms with Gasteiger partial charge in [-0.05, 0) is 163 Å². The maximum Gasteiger partial charge on any atom is 0.136 e. The Labute approximate surface area is 515 Å². The molecule has 0 bridgehead atoms. The van der Waals surface area contributed by atoms with E-state index in [1.165, 1.54) is 49.4 Å². The highest BCUT2D eigenvalue weighted by atomic mass is 16.3. The number of hydrogen-bond donors (Lipinski definition) is 0. The lowest BCUT2D eigenvalue weighted by Gasteiger charge is -2.20. The van der Waals surface area contributed by atoms with Gasteiger partial charge in [0.05, 0.1) is 34.2 Å². The molecule has 0 spiro atoms. The van der Waals surface area contributed by atoms with E-state index in [9.17, 15) is 0 Å². The van der Waals surface area contributed by atoms with Crippen molar-refractivity contribution in [1.82, 2.24) is 19.9 Å². The van der Waals surface area contributed by atoms with Gasteiger partial charge in [-0.1, -0.05) is 161 Å². The van der Waals surface area contributed by atoms with Gasteiger partial charge >= 0.3 is 0 Å². The van der Waals surface area contributed by atoms with E-state index in [1.807, 2.05) is 60.9 Å². The Hall–Kier alpha value is -11.5. The molecule has 2 aliphatic rings. The Kier molecular flexibility index (Phi) is 10.4. The van der Waals surface area contributed by atoms with E-state index in [4.69, 9.17) is 37.6 Å². The number of para-hydroxylation sites is 2. The zero-order valence-corrected chi connectivity index (χ0v) is 49.5. The summed E-state index contributed by atoms with van der Waals surface area (Å²) in [5, 5.41) is 13.3. The minimum absolute atomic E-state index is 0.102. The SMILES string of the molecule is CC1(C)c2cccnc2-c2nc(-c3ccc(-c4ccc5oc6cc7c(cc6c5c4)oc4ccccc47)c4ccccc34)ccc21.CC1(C)c2cccnc2-c2nc(-c3ccc4cc(-c5ccc6oc7cc8c(cc7c6c5)oc5ccccc58)ccc4c3)ccc21. The number of aromatic nitrogens is 4. The summed E-state index contributed by atoms with van der Waals surface area (Å²) in [5.41, 5.74) is 24.4. The minimum Gasteiger partial charge on any atom is -0.456 e. The van der Waals surface area contributed by atoms with E-state index in [1.54, 1.807) is 0 Å². The fourth-order valence-electron chi connectivity index (χ4n) is 14.8. The zero-order chi connectivity index (χ0) is 59.7. The molecule has 0 saturated heterocycles. The van der Waals surface area contributed by atoms with Gasteiger partial charge < -0.3 is 17.7 Å². The molecule has 424 valence electrons. The Balaban J connectivity index is 0.000000130. The van der Waals surface area contributed by atoms with Gasteiger partial charge in [-0.15, -0.1) is 0 Å². The van der Waals surface area contributed by atoms with Crippen LogP contribution in [0.15, 0.2) is 261 Å². The first-order valence-electron chi connectivity index (χ1n) is 30.6. The average molecular weight is 1160 g/mol. The van der Waals surface area contributed by atoms with Crippen LogP contribution in [0.5, 0.6) is 0 Å². The molecule has 8 heteroatoms. The lowest BCUT2D eigenvalue weighted by molar-refractivity contribution is 0.657. The predicted octanol–water partition coefficient (Wildman–Crippen LogP) is 22.1. The Morgan fingerprint density at radius 1 is 0.256 bits per heavy atom. The van der Waals surface area contributed by atoms with Gasteiger partial charge in [0.15, 0.2) is 0 Å². The van der Waals surface area contributed by atoms with E-state index in [2.05, 4.69) is 210 Å². The quantitative estimate of drug-likeness (QED) is 0.172. The van der Waals surface area contributed by atoms with Gasteiger partial charge in [0, 0.05) is 77.4 Å². The molecular weight excluding hydrogens is 1100 g/mol. The first kappa shape index (κ1) is 50.6. The third-order valence-electron chi connectivity index (χ3n) is 19.5. The number of benzene rings is 10. The Bertz CT molecular complexity index is 6130. The molecule has 0 saturated carbocycles. The summed E-state index contributed by atoms with van der Waals surface area (Å²) < 4.78 is 25.1. The number of nitrogens with zero attached hydrogens (tertiary/aromatic N) is 4. The van der Waals surface area contributed by atoms with Crippen LogP contribution in [0, 0.1) is 0 Å². The lowest BCUT2D eigenvalue weighted by atomic mass is 9.83. The standard InChI is InChI=1S/2C41H26N2O2/c1-41(2)32-11-7-19-42-39(32)40-33(41)16-17-34(43-40)27-15-14-24(25-8-3-4-9-26(25)27)23-13-18-36-29(20-23)31-22-37-30(21-38(31)45-36)28-10-5-6-12-35(28)44-37;1-41(2)32-7-5-17-42-39(32)40-33(41)14-15-34(43-40)27-12-11-23-18-24(9-10-25(23)19-27)26-13-16-36-29(20-26)31-22-37-30(21-38(31)45-36)28-6-3-4-8-35(28)44-37/h2*3-22H,1-2H3. The van der Waals surface area contributed by atoms with Crippen molar-refractivity contribution in [2.45, 2.75) is 38.5 Å². The van der Waals surface area contributed by atoms with Gasteiger partial charge in [-0.25, -0.2) is 9.97 Å². The largest absolute Gasteiger partial charge is 0.456 e. The molecule has 0 unspecified atom stereocenters. The van der Waals surface area contributed by atoms with Crippen LogP contribution in [0.2, 0.25) is 0 Å². The Morgan fingerprint density at radius 2 is 0.644 bits per heavy atom. The molecule has 0 N–H and O–H groups in total. The predicted molar refractivity (Wildman–Crippen MR) is 365 cm³/mol. The van der Waals surface area contributed by atoms with Crippen molar-refractivity contribution in [1.29, 1.82) is 0 Å². The summed E-state index contributed by atoms with van der Waals surface area (Å²) in [5.74, 6) is 0. The third kappa shape index (κ3) is 7.42. The maximum atomic E-state index is 6.36. The average Bonchev–Trinajstić information content (AvgIpc) is 1.61. The van der Waals surface area contributed by atoms with Gasteiger partial charge in [-0.2, -0.15) is 0 Å². The number of furan rings is 4. The molecule has 8 nitrogen and oxygen atoms in total. The fraction of sp³-hybridized carbons (Fsp3) is 0.0732. The normalized spacial score (nSPS) is 13.7. The van der Waals surface area contributed by atoms with Crippen LogP contribution in [0.3, 0.4) is 0 Å². The van der Waals surface area contributed by atoms with Crippen LogP contribution in [-0.2, 0) is 10.8 Å². The topological polar surface area (TPSA) is 104 Å². The van der Waals surface area contributed by atoms with Crippen molar-refractivity contribution >= 4 is 109 Å². The van der Waals surface area contributed by atoms with Crippen LogP contribution in [0.1, 0.15) is 49.9 Å². The van der Waals surface area contributed by atoms with Crippen molar-refractivity contribution in [3.63, 3.8) is 0 Å². The molecule has 8 aromatic heterocycles. The van der Waals surface area contributed by atoms with Gasteiger partial charge in [0.1, 0.15) is 44.7 Å². The summed E-state index contributed by atoms with van der Waals surface area (Å²) in [6, 6.07) is 81.1. The molecule has 10 aromatic carbocycles. The summed E-state index contributed by atoms with van der Waals surface area (Å²) in [7, 11) is 0. The van der Waals surface area contributed by atoms with E-state index in [0.717, 1.165) is 150 Å². The Morgan fingerprint density at radius 3 is 1.21 bits per heavy atom. The van der Waals surface area contributed by atoms with Crippen molar-refractivity contribution in [2.24, 2.45) is 0 Å². The molecule has 0 fully saturated rings. The summed E-state index contributed by atoms with van der Waals surface area (Å²) in [4.78, 5) is 19.8. The van der Waals surface area contributed by atoms with Crippen molar-refractivity contribution in [3.8, 4) is 67.5 Å². The highest BCUT2D eigenvalue weighted by Gasteiger charge is 2.39. The molecule has 0 aliphatic heterocycles.